The number of alkyl halides is 3. The molecule has 0 saturated heterocycles. The van der Waals surface area contributed by atoms with Gasteiger partial charge in [-0.25, -0.2) is 12.8 Å². The minimum absolute atomic E-state index is 0.0214. The Morgan fingerprint density at radius 3 is 2.33 bits per heavy atom. The highest BCUT2D eigenvalue weighted by atomic mass is 79.9. The standard InChI is InChI=1S/C10H7BrClF4NO3S/c1-17(4-10(14,15)16)9(18)6-2-5(11)3-7(8(6)13)21(12,19)20/h2-3H,4H2,1H3. The molecule has 0 aliphatic rings. The minimum Gasteiger partial charge on any atom is -0.333 e. The molecule has 0 aliphatic heterocycles. The van der Waals surface area contributed by atoms with Gasteiger partial charge in [-0.3, -0.25) is 4.79 Å². The van der Waals surface area contributed by atoms with E-state index in [1.807, 2.05) is 0 Å². The third-order valence-corrected chi connectivity index (χ3v) is 4.04. The molecule has 0 aliphatic carbocycles. The molecule has 0 saturated carbocycles. The van der Waals surface area contributed by atoms with Gasteiger partial charge in [-0.1, -0.05) is 15.9 Å². The van der Waals surface area contributed by atoms with Crippen LogP contribution in [-0.2, 0) is 9.05 Å². The Hall–Kier alpha value is -0.870. The molecular formula is C10H7BrClF4NO3S. The average Bonchev–Trinajstić information content (AvgIpc) is 2.27. The fourth-order valence-corrected chi connectivity index (χ4v) is 2.98. The first-order chi connectivity index (χ1) is 9.33. The van der Waals surface area contributed by atoms with Crippen LogP contribution in [0.1, 0.15) is 10.4 Å². The van der Waals surface area contributed by atoms with E-state index in [1.54, 1.807) is 0 Å². The molecular weight excluding hydrogens is 406 g/mol. The topological polar surface area (TPSA) is 54.5 Å². The van der Waals surface area contributed by atoms with Crippen LogP contribution in [-0.4, -0.2) is 39.0 Å². The summed E-state index contributed by atoms with van der Waals surface area (Å²) in [5, 5.41) is 0. The Kier molecular flexibility index (Phi) is 5.27. The maximum absolute atomic E-state index is 14.0. The maximum atomic E-state index is 14.0. The Morgan fingerprint density at radius 1 is 1.38 bits per heavy atom. The first-order valence-electron chi connectivity index (χ1n) is 5.09. The van der Waals surface area contributed by atoms with Crippen molar-refractivity contribution in [3.05, 3.63) is 28.0 Å². The molecule has 0 heterocycles. The van der Waals surface area contributed by atoms with Crippen LogP contribution in [0.15, 0.2) is 21.5 Å². The quantitative estimate of drug-likeness (QED) is 0.566. The number of hydrogen-bond acceptors (Lipinski definition) is 3. The molecule has 0 spiro atoms. The molecule has 1 aromatic carbocycles. The van der Waals surface area contributed by atoms with Crippen LogP contribution < -0.4 is 0 Å². The Balaban J connectivity index is 3.32. The number of carbonyl (C=O) groups excluding carboxylic acids is 1. The maximum Gasteiger partial charge on any atom is 0.406 e. The molecule has 0 unspecified atom stereocenters. The number of halogens is 6. The molecule has 4 nitrogen and oxygen atoms in total. The largest absolute Gasteiger partial charge is 0.406 e. The Labute approximate surface area is 130 Å². The van der Waals surface area contributed by atoms with Gasteiger partial charge in [0.15, 0.2) is 5.82 Å². The lowest BCUT2D eigenvalue weighted by Crippen LogP contribution is -2.36. The highest BCUT2D eigenvalue weighted by Gasteiger charge is 2.33. The summed E-state index contributed by atoms with van der Waals surface area (Å²) >= 11 is 2.84. The summed E-state index contributed by atoms with van der Waals surface area (Å²) in [7, 11) is 1.32. The van der Waals surface area contributed by atoms with Crippen LogP contribution in [0.25, 0.3) is 0 Å². The molecule has 0 bridgehead atoms. The van der Waals surface area contributed by atoms with Crippen LogP contribution in [0.2, 0.25) is 0 Å². The van der Waals surface area contributed by atoms with Gasteiger partial charge in [0.2, 0.25) is 0 Å². The predicted molar refractivity (Wildman–Crippen MR) is 70.2 cm³/mol. The number of benzene rings is 1. The van der Waals surface area contributed by atoms with Gasteiger partial charge in [-0.2, -0.15) is 13.2 Å². The van der Waals surface area contributed by atoms with Crippen LogP contribution in [0.5, 0.6) is 0 Å². The molecule has 11 heteroatoms. The lowest BCUT2D eigenvalue weighted by molar-refractivity contribution is -0.138. The highest BCUT2D eigenvalue weighted by Crippen LogP contribution is 2.27. The minimum atomic E-state index is -4.67. The lowest BCUT2D eigenvalue weighted by Gasteiger charge is -2.19. The van der Waals surface area contributed by atoms with E-state index in [2.05, 4.69) is 15.9 Å². The summed E-state index contributed by atoms with van der Waals surface area (Å²) in [4.78, 5) is 11.0. The summed E-state index contributed by atoms with van der Waals surface area (Å²) in [6.45, 7) is -1.61. The second-order valence-electron chi connectivity index (χ2n) is 3.98. The molecule has 1 rings (SSSR count). The molecule has 1 amide bonds. The van der Waals surface area contributed by atoms with E-state index in [1.165, 1.54) is 0 Å². The zero-order chi connectivity index (χ0) is 16.6. The van der Waals surface area contributed by atoms with Gasteiger partial charge in [-0.05, 0) is 12.1 Å². The van der Waals surface area contributed by atoms with Crippen LogP contribution >= 0.6 is 26.6 Å². The first kappa shape index (κ1) is 18.2. The third kappa shape index (κ3) is 4.82. The number of rotatable bonds is 3. The fraction of sp³-hybridized carbons (Fsp3) is 0.300. The van der Waals surface area contributed by atoms with E-state index in [4.69, 9.17) is 10.7 Å². The highest BCUT2D eigenvalue weighted by molar-refractivity contribution is 9.10. The van der Waals surface area contributed by atoms with Crippen LogP contribution in [0.4, 0.5) is 17.6 Å². The van der Waals surface area contributed by atoms with Crippen molar-refractivity contribution in [3.63, 3.8) is 0 Å². The van der Waals surface area contributed by atoms with Gasteiger partial charge in [0, 0.05) is 22.2 Å². The van der Waals surface area contributed by atoms with Gasteiger partial charge in [0.1, 0.15) is 11.4 Å². The van der Waals surface area contributed by atoms with Gasteiger partial charge < -0.3 is 4.90 Å². The van der Waals surface area contributed by atoms with E-state index < -0.39 is 44.0 Å². The van der Waals surface area contributed by atoms with Crippen molar-refractivity contribution >= 4 is 41.6 Å². The van der Waals surface area contributed by atoms with E-state index in [-0.39, 0.29) is 9.37 Å². The van der Waals surface area contributed by atoms with Crippen molar-refractivity contribution in [2.24, 2.45) is 0 Å². The van der Waals surface area contributed by atoms with E-state index >= 15 is 0 Å². The van der Waals surface area contributed by atoms with Crippen molar-refractivity contribution in [3.8, 4) is 0 Å². The Morgan fingerprint density at radius 2 is 1.90 bits per heavy atom. The lowest BCUT2D eigenvalue weighted by atomic mass is 10.2. The fourth-order valence-electron chi connectivity index (χ4n) is 1.44. The number of carbonyl (C=O) groups is 1. The number of nitrogens with zero attached hydrogens (tertiary/aromatic N) is 1. The van der Waals surface area contributed by atoms with Crippen molar-refractivity contribution in [2.45, 2.75) is 11.1 Å². The second kappa shape index (κ2) is 6.09. The van der Waals surface area contributed by atoms with E-state index in [9.17, 15) is 30.8 Å². The van der Waals surface area contributed by atoms with Gasteiger partial charge in [0.05, 0.1) is 5.56 Å². The first-order valence-corrected chi connectivity index (χ1v) is 8.19. The molecule has 0 radical (unpaired) electrons. The molecule has 0 aromatic heterocycles. The van der Waals surface area contributed by atoms with E-state index in [0.29, 0.717) is 0 Å². The number of amides is 1. The zero-order valence-electron chi connectivity index (χ0n) is 10.2. The van der Waals surface area contributed by atoms with Gasteiger partial charge in [0.25, 0.3) is 15.0 Å². The Bertz CT molecular complexity index is 678. The van der Waals surface area contributed by atoms with Crippen molar-refractivity contribution in [2.75, 3.05) is 13.6 Å². The summed E-state index contributed by atoms with van der Waals surface area (Å²) in [6.07, 6.45) is -4.67. The van der Waals surface area contributed by atoms with Crippen molar-refractivity contribution < 1.29 is 30.8 Å². The summed E-state index contributed by atoms with van der Waals surface area (Å²) in [6, 6.07) is 1.67. The zero-order valence-corrected chi connectivity index (χ0v) is 13.4. The molecule has 21 heavy (non-hydrogen) atoms. The monoisotopic (exact) mass is 411 g/mol. The van der Waals surface area contributed by atoms with Crippen molar-refractivity contribution in [1.29, 1.82) is 0 Å². The normalized spacial score (nSPS) is 12.3. The molecule has 0 N–H and O–H groups in total. The average molecular weight is 413 g/mol. The smallest absolute Gasteiger partial charge is 0.333 e. The summed E-state index contributed by atoms with van der Waals surface area (Å²) in [5.41, 5.74) is -0.838. The molecule has 118 valence electrons. The molecule has 0 fully saturated rings. The van der Waals surface area contributed by atoms with Gasteiger partial charge in [-0.15, -0.1) is 0 Å². The summed E-state index contributed by atoms with van der Waals surface area (Å²) < 4.78 is 73.0. The van der Waals surface area contributed by atoms with Crippen molar-refractivity contribution in [1.82, 2.24) is 4.90 Å². The van der Waals surface area contributed by atoms with Gasteiger partial charge >= 0.3 is 6.18 Å². The van der Waals surface area contributed by atoms with Crippen LogP contribution in [0, 0.1) is 5.82 Å². The molecule has 1 aromatic rings. The molecule has 0 atom stereocenters. The SMILES string of the molecule is CN(CC(F)(F)F)C(=O)c1cc(Br)cc(S(=O)(=O)Cl)c1F. The second-order valence-corrected chi connectivity index (χ2v) is 7.43. The van der Waals surface area contributed by atoms with E-state index in [0.717, 1.165) is 19.2 Å². The predicted octanol–water partition coefficient (Wildman–Crippen LogP) is 3.15. The van der Waals surface area contributed by atoms with Crippen LogP contribution in [0.3, 0.4) is 0 Å². The number of hydrogen-bond donors (Lipinski definition) is 0. The third-order valence-electron chi connectivity index (χ3n) is 2.26. The summed E-state index contributed by atoms with van der Waals surface area (Å²) in [5.74, 6) is -2.83.